The second-order valence-electron chi connectivity index (χ2n) is 6.89. The Kier molecular flexibility index (Phi) is 8.64. The van der Waals surface area contributed by atoms with Gasteiger partial charge in [0.15, 0.2) is 0 Å². The molecule has 1 aromatic rings. The lowest BCUT2D eigenvalue weighted by atomic mass is 9.85. The highest BCUT2D eigenvalue weighted by Crippen LogP contribution is 2.24. The largest absolute Gasteiger partial charge is 0.336 e. The van der Waals surface area contributed by atoms with Gasteiger partial charge < -0.3 is 10.2 Å². The van der Waals surface area contributed by atoms with Crippen molar-refractivity contribution in [3.05, 3.63) is 35.9 Å². The predicted molar refractivity (Wildman–Crippen MR) is 98.8 cm³/mol. The van der Waals surface area contributed by atoms with E-state index in [1.54, 1.807) is 0 Å². The Bertz CT molecular complexity index is 458. The van der Waals surface area contributed by atoms with Crippen LogP contribution in [-0.2, 0) is 11.3 Å². The molecule has 0 aliphatic carbocycles. The average Bonchev–Trinajstić information content (AvgIpc) is 2.54. The molecule has 130 valence electrons. The van der Waals surface area contributed by atoms with Crippen molar-refractivity contribution in [3.8, 4) is 0 Å². The summed E-state index contributed by atoms with van der Waals surface area (Å²) < 4.78 is 0. The van der Waals surface area contributed by atoms with Crippen LogP contribution in [0, 0.1) is 11.8 Å². The van der Waals surface area contributed by atoms with Gasteiger partial charge in [-0.3, -0.25) is 4.79 Å². The molecular weight excluding hydrogens is 308 g/mol. The Hall–Kier alpha value is -1.06. The Morgan fingerprint density at radius 3 is 2.52 bits per heavy atom. The molecule has 0 bridgehead atoms. The van der Waals surface area contributed by atoms with E-state index in [2.05, 4.69) is 38.2 Å². The van der Waals surface area contributed by atoms with E-state index >= 15 is 0 Å². The molecule has 0 radical (unpaired) electrons. The van der Waals surface area contributed by atoms with Crippen LogP contribution in [0.2, 0.25) is 0 Å². The second kappa shape index (κ2) is 9.94. The highest BCUT2D eigenvalue weighted by Gasteiger charge is 2.25. The number of carbonyl (C=O) groups excluding carboxylic acids is 1. The van der Waals surface area contributed by atoms with Gasteiger partial charge in [0.25, 0.3) is 0 Å². The topological polar surface area (TPSA) is 32.3 Å². The number of hydrogen-bond donors (Lipinski definition) is 1. The van der Waals surface area contributed by atoms with Crippen molar-refractivity contribution < 1.29 is 4.79 Å². The minimum atomic E-state index is 0. The van der Waals surface area contributed by atoms with Gasteiger partial charge in [-0.2, -0.15) is 0 Å². The number of amides is 1. The molecule has 1 aliphatic heterocycles. The van der Waals surface area contributed by atoms with Crippen molar-refractivity contribution in [1.82, 2.24) is 10.2 Å². The summed E-state index contributed by atoms with van der Waals surface area (Å²) in [4.78, 5) is 14.8. The molecule has 2 rings (SSSR count). The Balaban J connectivity index is 0.00000264. The van der Waals surface area contributed by atoms with Crippen LogP contribution in [0.25, 0.3) is 0 Å². The number of halogens is 1. The van der Waals surface area contributed by atoms with Gasteiger partial charge in [-0.25, -0.2) is 0 Å². The summed E-state index contributed by atoms with van der Waals surface area (Å²) >= 11 is 0. The summed E-state index contributed by atoms with van der Waals surface area (Å²) in [6, 6.07) is 10.5. The Morgan fingerprint density at radius 2 is 1.96 bits per heavy atom. The number of benzene rings is 1. The van der Waals surface area contributed by atoms with E-state index in [0.29, 0.717) is 24.8 Å². The zero-order valence-corrected chi connectivity index (χ0v) is 15.4. The maximum absolute atomic E-state index is 12.7. The summed E-state index contributed by atoms with van der Waals surface area (Å²) in [6.07, 6.45) is 3.15. The molecule has 3 nitrogen and oxygen atoms in total. The molecule has 0 spiro atoms. The van der Waals surface area contributed by atoms with E-state index in [-0.39, 0.29) is 24.4 Å². The number of carbonyl (C=O) groups is 1. The van der Waals surface area contributed by atoms with Gasteiger partial charge in [0.1, 0.15) is 0 Å². The summed E-state index contributed by atoms with van der Waals surface area (Å²) in [5, 5.41) is 3.46. The number of piperidine rings is 1. The van der Waals surface area contributed by atoms with Gasteiger partial charge in [0.2, 0.25) is 5.91 Å². The fourth-order valence-electron chi connectivity index (χ4n) is 3.26. The van der Waals surface area contributed by atoms with E-state index in [9.17, 15) is 4.79 Å². The van der Waals surface area contributed by atoms with Crippen LogP contribution >= 0.6 is 12.4 Å². The zero-order chi connectivity index (χ0) is 15.9. The molecule has 2 unspecified atom stereocenters. The van der Waals surface area contributed by atoms with Crippen molar-refractivity contribution in [2.75, 3.05) is 13.1 Å². The minimum Gasteiger partial charge on any atom is -0.336 e. The number of nitrogens with one attached hydrogen (secondary N) is 1. The summed E-state index contributed by atoms with van der Waals surface area (Å²) in [6.45, 7) is 9.35. The van der Waals surface area contributed by atoms with Crippen molar-refractivity contribution in [2.45, 2.75) is 52.6 Å². The third-order valence-electron chi connectivity index (χ3n) is 4.78. The quantitative estimate of drug-likeness (QED) is 0.854. The van der Waals surface area contributed by atoms with Crippen LogP contribution in [0.3, 0.4) is 0 Å². The smallest absolute Gasteiger partial charge is 0.223 e. The third kappa shape index (κ3) is 6.15. The van der Waals surface area contributed by atoms with Gasteiger partial charge in [-0.15, -0.1) is 12.4 Å². The van der Waals surface area contributed by atoms with Gasteiger partial charge in [-0.1, -0.05) is 37.3 Å². The second-order valence-corrected chi connectivity index (χ2v) is 6.89. The highest BCUT2D eigenvalue weighted by molar-refractivity contribution is 5.85. The van der Waals surface area contributed by atoms with Crippen LogP contribution in [0.5, 0.6) is 0 Å². The average molecular weight is 339 g/mol. The number of rotatable bonds is 6. The molecule has 23 heavy (non-hydrogen) atoms. The lowest BCUT2D eigenvalue weighted by molar-refractivity contribution is -0.134. The van der Waals surface area contributed by atoms with E-state index in [0.717, 1.165) is 13.1 Å². The number of hydrogen-bond acceptors (Lipinski definition) is 2. The molecule has 1 amide bonds. The highest BCUT2D eigenvalue weighted by atomic mass is 35.5. The summed E-state index contributed by atoms with van der Waals surface area (Å²) in [5.41, 5.74) is 1.21. The van der Waals surface area contributed by atoms with E-state index in [1.165, 1.54) is 18.4 Å². The van der Waals surface area contributed by atoms with Crippen molar-refractivity contribution in [3.63, 3.8) is 0 Å². The van der Waals surface area contributed by atoms with Gasteiger partial charge in [0, 0.05) is 19.0 Å². The Labute approximate surface area is 147 Å². The standard InChI is InChI=1S/C19H30N2O.ClH/c1-15(2)21(14-17-8-5-4-6-9-17)19(22)12-16(3)18-10-7-11-20-13-18;/h4-6,8-9,15-16,18,20H,7,10-14H2,1-3H3;1H. The minimum absolute atomic E-state index is 0. The number of nitrogens with zero attached hydrogens (tertiary/aromatic N) is 1. The maximum Gasteiger partial charge on any atom is 0.223 e. The molecular formula is C19H31ClN2O. The van der Waals surface area contributed by atoms with Crippen LogP contribution in [0.15, 0.2) is 30.3 Å². The van der Waals surface area contributed by atoms with Crippen LogP contribution in [-0.4, -0.2) is 29.9 Å². The SMILES string of the molecule is CC(CC(=O)N(Cc1ccccc1)C(C)C)C1CCCNC1.Cl. The molecule has 4 heteroatoms. The first-order valence-electron chi connectivity index (χ1n) is 8.62. The monoisotopic (exact) mass is 338 g/mol. The van der Waals surface area contributed by atoms with Gasteiger partial charge >= 0.3 is 0 Å². The first-order chi connectivity index (χ1) is 10.6. The molecule has 1 aliphatic rings. The van der Waals surface area contributed by atoms with Crippen molar-refractivity contribution in [2.24, 2.45) is 11.8 Å². The fourth-order valence-corrected chi connectivity index (χ4v) is 3.26. The molecule has 1 heterocycles. The molecule has 1 aromatic carbocycles. The predicted octanol–water partition coefficient (Wildman–Crippen LogP) is 3.87. The van der Waals surface area contributed by atoms with Crippen molar-refractivity contribution in [1.29, 1.82) is 0 Å². The van der Waals surface area contributed by atoms with Crippen LogP contribution in [0.1, 0.15) is 45.6 Å². The molecule has 1 saturated heterocycles. The van der Waals surface area contributed by atoms with Crippen LogP contribution < -0.4 is 5.32 Å². The molecule has 1 fully saturated rings. The van der Waals surface area contributed by atoms with E-state index < -0.39 is 0 Å². The van der Waals surface area contributed by atoms with E-state index in [4.69, 9.17) is 0 Å². The molecule has 2 atom stereocenters. The Morgan fingerprint density at radius 1 is 1.26 bits per heavy atom. The zero-order valence-electron chi connectivity index (χ0n) is 14.6. The normalized spacial score (nSPS) is 19.0. The lowest BCUT2D eigenvalue weighted by Gasteiger charge is -2.32. The van der Waals surface area contributed by atoms with Crippen LogP contribution in [0.4, 0.5) is 0 Å². The van der Waals surface area contributed by atoms with E-state index in [1.807, 2.05) is 23.1 Å². The van der Waals surface area contributed by atoms with Gasteiger partial charge in [0.05, 0.1) is 0 Å². The van der Waals surface area contributed by atoms with Crippen molar-refractivity contribution >= 4 is 18.3 Å². The first-order valence-corrected chi connectivity index (χ1v) is 8.62. The third-order valence-corrected chi connectivity index (χ3v) is 4.78. The molecule has 1 N–H and O–H groups in total. The van der Waals surface area contributed by atoms with Gasteiger partial charge in [-0.05, 0) is 57.2 Å². The fraction of sp³-hybridized carbons (Fsp3) is 0.632. The summed E-state index contributed by atoms with van der Waals surface area (Å²) in [5.74, 6) is 1.39. The molecule has 0 saturated carbocycles. The maximum atomic E-state index is 12.7. The first kappa shape index (κ1) is 20.0. The summed E-state index contributed by atoms with van der Waals surface area (Å²) in [7, 11) is 0. The molecule has 0 aromatic heterocycles. The lowest BCUT2D eigenvalue weighted by Crippen LogP contribution is -2.39.